The minimum Gasteiger partial charge on any atom is -0.381 e. The number of aromatic amines is 1. The summed E-state index contributed by atoms with van der Waals surface area (Å²) in [5, 5.41) is 0. The van der Waals surface area contributed by atoms with E-state index in [2.05, 4.69) is 9.97 Å². The normalized spacial score (nSPS) is 20.8. The highest BCUT2D eigenvalue weighted by Crippen LogP contribution is 2.21. The fraction of sp³-hybridized carbons (Fsp3) is 0.636. The predicted molar refractivity (Wildman–Crippen MR) is 57.1 cm³/mol. The standard InChI is InChI=1S/C11H16N2O2/c1-3-9-7(2)12-10(13-11(9)14)8-4-5-15-6-8/h8H,3-6H2,1-2H3,(H,12,13,14). The summed E-state index contributed by atoms with van der Waals surface area (Å²) >= 11 is 0. The average Bonchev–Trinajstić information content (AvgIpc) is 2.69. The number of aryl methyl sites for hydroxylation is 1. The second kappa shape index (κ2) is 4.14. The maximum Gasteiger partial charge on any atom is 0.254 e. The number of hydrogen-bond acceptors (Lipinski definition) is 3. The van der Waals surface area contributed by atoms with Crippen LogP contribution in [0.5, 0.6) is 0 Å². The van der Waals surface area contributed by atoms with Gasteiger partial charge in [0.2, 0.25) is 0 Å². The van der Waals surface area contributed by atoms with E-state index in [1.807, 2.05) is 13.8 Å². The molecule has 2 rings (SSSR count). The third kappa shape index (κ3) is 1.95. The Kier molecular flexibility index (Phi) is 2.86. The Morgan fingerprint density at radius 3 is 2.93 bits per heavy atom. The van der Waals surface area contributed by atoms with Crippen LogP contribution in [0.25, 0.3) is 0 Å². The summed E-state index contributed by atoms with van der Waals surface area (Å²) in [6, 6.07) is 0. The van der Waals surface area contributed by atoms with Crippen molar-refractivity contribution in [3.05, 3.63) is 27.4 Å². The molecule has 0 aromatic carbocycles. The van der Waals surface area contributed by atoms with Crippen LogP contribution in [-0.2, 0) is 11.2 Å². The molecule has 1 aliphatic rings. The number of ether oxygens (including phenoxy) is 1. The van der Waals surface area contributed by atoms with Gasteiger partial charge < -0.3 is 9.72 Å². The minimum atomic E-state index is 0.00639. The summed E-state index contributed by atoms with van der Waals surface area (Å²) in [6.45, 7) is 5.31. The highest BCUT2D eigenvalue weighted by Gasteiger charge is 2.21. The molecule has 1 aliphatic heterocycles. The molecule has 0 saturated carbocycles. The molecule has 82 valence electrons. The Balaban J connectivity index is 2.38. The minimum absolute atomic E-state index is 0.00639. The van der Waals surface area contributed by atoms with Crippen LogP contribution in [0.4, 0.5) is 0 Å². The maximum absolute atomic E-state index is 11.7. The number of nitrogens with one attached hydrogen (secondary N) is 1. The summed E-state index contributed by atoms with van der Waals surface area (Å²) in [5.41, 5.74) is 1.65. The first-order chi connectivity index (χ1) is 7.22. The van der Waals surface area contributed by atoms with Gasteiger partial charge in [-0.25, -0.2) is 4.98 Å². The Hall–Kier alpha value is -1.16. The third-order valence-corrected chi connectivity index (χ3v) is 2.91. The van der Waals surface area contributed by atoms with Gasteiger partial charge in [0.05, 0.1) is 6.61 Å². The van der Waals surface area contributed by atoms with E-state index in [1.54, 1.807) is 0 Å². The number of hydrogen-bond donors (Lipinski definition) is 1. The quantitative estimate of drug-likeness (QED) is 0.793. The van der Waals surface area contributed by atoms with Crippen LogP contribution in [0.15, 0.2) is 4.79 Å². The highest BCUT2D eigenvalue weighted by atomic mass is 16.5. The summed E-state index contributed by atoms with van der Waals surface area (Å²) in [4.78, 5) is 19.0. The van der Waals surface area contributed by atoms with Gasteiger partial charge in [-0.15, -0.1) is 0 Å². The molecule has 0 amide bonds. The van der Waals surface area contributed by atoms with E-state index in [9.17, 15) is 4.79 Å². The van der Waals surface area contributed by atoms with Gasteiger partial charge >= 0.3 is 0 Å². The summed E-state index contributed by atoms with van der Waals surface area (Å²) < 4.78 is 5.29. The lowest BCUT2D eigenvalue weighted by atomic mass is 10.1. The largest absolute Gasteiger partial charge is 0.381 e. The van der Waals surface area contributed by atoms with Crippen LogP contribution < -0.4 is 5.56 Å². The van der Waals surface area contributed by atoms with Gasteiger partial charge in [0.25, 0.3) is 5.56 Å². The van der Waals surface area contributed by atoms with Crippen molar-refractivity contribution in [3.63, 3.8) is 0 Å². The molecule has 1 fully saturated rings. The number of rotatable bonds is 2. The summed E-state index contributed by atoms with van der Waals surface area (Å²) in [5.74, 6) is 1.05. The first kappa shape index (κ1) is 10.4. The van der Waals surface area contributed by atoms with Crippen molar-refractivity contribution in [1.82, 2.24) is 9.97 Å². The average molecular weight is 208 g/mol. The molecule has 1 atom stereocenters. The SMILES string of the molecule is CCc1c(C)nc(C2CCOC2)[nH]c1=O. The molecule has 1 aromatic heterocycles. The molecule has 1 unspecified atom stereocenters. The van der Waals surface area contributed by atoms with Gasteiger partial charge in [-0.1, -0.05) is 6.92 Å². The molecule has 0 aliphatic carbocycles. The van der Waals surface area contributed by atoms with Crippen LogP contribution in [0.1, 0.15) is 36.3 Å². The van der Waals surface area contributed by atoms with Crippen LogP contribution >= 0.6 is 0 Å². The Bertz CT molecular complexity index is 406. The lowest BCUT2D eigenvalue weighted by Gasteiger charge is -2.09. The van der Waals surface area contributed by atoms with E-state index in [4.69, 9.17) is 4.74 Å². The van der Waals surface area contributed by atoms with Crippen molar-refractivity contribution >= 4 is 0 Å². The molecule has 1 aromatic rings. The second-order valence-corrected chi connectivity index (χ2v) is 3.93. The van der Waals surface area contributed by atoms with E-state index in [-0.39, 0.29) is 11.5 Å². The van der Waals surface area contributed by atoms with Gasteiger partial charge in [0, 0.05) is 23.8 Å². The van der Waals surface area contributed by atoms with E-state index >= 15 is 0 Å². The smallest absolute Gasteiger partial charge is 0.254 e. The molecule has 1 N–H and O–H groups in total. The molecule has 0 radical (unpaired) electrons. The summed E-state index contributed by atoms with van der Waals surface area (Å²) in [6.07, 6.45) is 1.68. The van der Waals surface area contributed by atoms with Gasteiger partial charge in [0.1, 0.15) is 5.82 Å². The Labute approximate surface area is 88.7 Å². The first-order valence-electron chi connectivity index (χ1n) is 5.39. The van der Waals surface area contributed by atoms with E-state index in [0.717, 1.165) is 36.5 Å². The first-order valence-corrected chi connectivity index (χ1v) is 5.39. The molecule has 1 saturated heterocycles. The van der Waals surface area contributed by atoms with Gasteiger partial charge in [0.15, 0.2) is 0 Å². The topological polar surface area (TPSA) is 55.0 Å². The van der Waals surface area contributed by atoms with Crippen molar-refractivity contribution in [2.75, 3.05) is 13.2 Å². The number of H-pyrrole nitrogens is 1. The molecule has 15 heavy (non-hydrogen) atoms. The highest BCUT2D eigenvalue weighted by molar-refractivity contribution is 5.17. The van der Waals surface area contributed by atoms with E-state index in [0.29, 0.717) is 6.61 Å². The molecular formula is C11H16N2O2. The van der Waals surface area contributed by atoms with Gasteiger partial charge in [-0.2, -0.15) is 0 Å². The number of aromatic nitrogens is 2. The Morgan fingerprint density at radius 2 is 2.40 bits per heavy atom. The Morgan fingerprint density at radius 1 is 1.60 bits per heavy atom. The number of nitrogens with zero attached hydrogens (tertiary/aromatic N) is 1. The zero-order valence-corrected chi connectivity index (χ0v) is 9.17. The second-order valence-electron chi connectivity index (χ2n) is 3.93. The third-order valence-electron chi connectivity index (χ3n) is 2.91. The maximum atomic E-state index is 11.7. The molecular weight excluding hydrogens is 192 g/mol. The lowest BCUT2D eigenvalue weighted by Crippen LogP contribution is -2.20. The zero-order valence-electron chi connectivity index (χ0n) is 9.17. The van der Waals surface area contributed by atoms with Crippen molar-refractivity contribution in [1.29, 1.82) is 0 Å². The zero-order chi connectivity index (χ0) is 10.8. The molecule has 0 bridgehead atoms. The van der Waals surface area contributed by atoms with Crippen LogP contribution in [0, 0.1) is 6.92 Å². The fourth-order valence-corrected chi connectivity index (χ4v) is 1.99. The van der Waals surface area contributed by atoms with Crippen molar-refractivity contribution < 1.29 is 4.74 Å². The van der Waals surface area contributed by atoms with E-state index in [1.165, 1.54) is 0 Å². The van der Waals surface area contributed by atoms with E-state index < -0.39 is 0 Å². The lowest BCUT2D eigenvalue weighted by molar-refractivity contribution is 0.193. The molecule has 4 nitrogen and oxygen atoms in total. The van der Waals surface area contributed by atoms with Crippen LogP contribution in [0.2, 0.25) is 0 Å². The van der Waals surface area contributed by atoms with Gasteiger partial charge in [-0.05, 0) is 19.8 Å². The monoisotopic (exact) mass is 208 g/mol. The molecule has 4 heteroatoms. The summed E-state index contributed by atoms with van der Waals surface area (Å²) in [7, 11) is 0. The van der Waals surface area contributed by atoms with Crippen molar-refractivity contribution in [2.24, 2.45) is 0 Å². The molecule has 2 heterocycles. The van der Waals surface area contributed by atoms with Crippen molar-refractivity contribution in [2.45, 2.75) is 32.6 Å². The van der Waals surface area contributed by atoms with Crippen LogP contribution in [0.3, 0.4) is 0 Å². The van der Waals surface area contributed by atoms with Gasteiger partial charge in [-0.3, -0.25) is 4.79 Å². The predicted octanol–water partition coefficient (Wildman–Crippen LogP) is 1.14. The molecule has 0 spiro atoms. The van der Waals surface area contributed by atoms with Crippen molar-refractivity contribution in [3.8, 4) is 0 Å². The fourth-order valence-electron chi connectivity index (χ4n) is 1.99. The van der Waals surface area contributed by atoms with Crippen LogP contribution in [-0.4, -0.2) is 23.2 Å².